The minimum absolute atomic E-state index is 0.332. The fourth-order valence-corrected chi connectivity index (χ4v) is 4.90. The van der Waals surface area contributed by atoms with Gasteiger partial charge in [0.05, 0.1) is 24.1 Å². The first-order chi connectivity index (χ1) is 14.4. The Morgan fingerprint density at radius 2 is 1.60 bits per heavy atom. The Morgan fingerprint density at radius 3 is 2.20 bits per heavy atom. The molecule has 0 aromatic heterocycles. The van der Waals surface area contributed by atoms with Crippen LogP contribution in [-0.2, 0) is 15.9 Å². The zero-order valence-corrected chi connectivity index (χ0v) is 16.7. The molecule has 4 atom stereocenters. The molecular weight excluding hydrogens is 376 g/mol. The summed E-state index contributed by atoms with van der Waals surface area (Å²) in [5.74, 6) is -2.41. The summed E-state index contributed by atoms with van der Waals surface area (Å²) < 4.78 is 12.2. The van der Waals surface area contributed by atoms with Gasteiger partial charge in [-0.2, -0.15) is 15.8 Å². The second-order valence-corrected chi connectivity index (χ2v) is 8.00. The number of hydrogen-bond donors (Lipinski definition) is 1. The van der Waals surface area contributed by atoms with Crippen molar-refractivity contribution in [3.63, 3.8) is 0 Å². The van der Waals surface area contributed by atoms with Crippen molar-refractivity contribution >= 4 is 5.90 Å². The van der Waals surface area contributed by atoms with Gasteiger partial charge < -0.3 is 9.47 Å². The molecule has 0 saturated carbocycles. The van der Waals surface area contributed by atoms with E-state index in [1.807, 2.05) is 49.4 Å². The average Bonchev–Trinajstić information content (AvgIpc) is 2.91. The normalized spacial score (nSPS) is 31.1. The van der Waals surface area contributed by atoms with Crippen molar-refractivity contribution in [2.75, 3.05) is 0 Å². The zero-order chi connectivity index (χ0) is 21.6. The molecule has 0 radical (unpaired) electrons. The van der Waals surface area contributed by atoms with Crippen LogP contribution in [0.5, 0.6) is 0 Å². The summed E-state index contributed by atoms with van der Waals surface area (Å²) >= 11 is 0. The zero-order valence-electron chi connectivity index (χ0n) is 16.7. The van der Waals surface area contributed by atoms with E-state index in [0.29, 0.717) is 12.0 Å². The number of benzene rings is 2. The molecule has 148 valence electrons. The van der Waals surface area contributed by atoms with E-state index in [1.54, 1.807) is 19.1 Å². The molecule has 2 aliphatic rings. The van der Waals surface area contributed by atoms with Crippen LogP contribution in [-0.4, -0.2) is 11.7 Å². The molecule has 30 heavy (non-hydrogen) atoms. The minimum atomic E-state index is -1.94. The molecule has 0 spiro atoms. The lowest BCUT2D eigenvalue weighted by Crippen LogP contribution is -2.59. The highest BCUT2D eigenvalue weighted by molar-refractivity contribution is 5.89. The van der Waals surface area contributed by atoms with Gasteiger partial charge in [0.25, 0.3) is 0 Å². The molecule has 4 unspecified atom stereocenters. The Hall–Kier alpha value is -3.66. The SMILES string of the molecule is Cc1ccccc1C1OC2(C)OC(=N)C(C#N)(C2Cc2ccccc2)C1(C#N)C#N. The summed E-state index contributed by atoms with van der Waals surface area (Å²) in [6.07, 6.45) is -0.702. The molecule has 2 aliphatic heterocycles. The van der Waals surface area contributed by atoms with Gasteiger partial charge in [0, 0.05) is 6.92 Å². The van der Waals surface area contributed by atoms with Gasteiger partial charge in [0.1, 0.15) is 6.10 Å². The van der Waals surface area contributed by atoms with Crippen LogP contribution >= 0.6 is 0 Å². The van der Waals surface area contributed by atoms with E-state index in [4.69, 9.17) is 14.9 Å². The number of nitrogens with zero attached hydrogens (tertiary/aromatic N) is 3. The molecule has 2 aromatic rings. The monoisotopic (exact) mass is 396 g/mol. The number of rotatable bonds is 3. The molecule has 4 rings (SSSR count). The molecule has 2 bridgehead atoms. The summed E-state index contributed by atoms with van der Waals surface area (Å²) in [5, 5.41) is 39.6. The number of nitriles is 3. The molecule has 6 heteroatoms. The lowest BCUT2D eigenvalue weighted by molar-refractivity contribution is -0.272. The third kappa shape index (κ3) is 2.34. The Kier molecular flexibility index (Phi) is 4.39. The smallest absolute Gasteiger partial charge is 0.215 e. The largest absolute Gasteiger partial charge is 0.448 e. The first-order valence-corrected chi connectivity index (χ1v) is 9.67. The second kappa shape index (κ2) is 6.70. The van der Waals surface area contributed by atoms with E-state index in [9.17, 15) is 15.8 Å². The summed E-state index contributed by atoms with van der Waals surface area (Å²) in [5.41, 5.74) is -1.33. The Balaban J connectivity index is 1.97. The third-order valence-corrected chi connectivity index (χ3v) is 6.47. The van der Waals surface area contributed by atoms with Crippen molar-refractivity contribution in [3.05, 3.63) is 71.3 Å². The standard InChI is InChI=1S/C24H20N4O2/c1-16-8-6-7-11-18(16)20-23(13-25,14-26)24(15-27)19(12-17-9-4-3-5-10-17)22(2,29-20)30-21(24)28/h3-11,19-20,28H,12H2,1-2H3. The third-order valence-electron chi connectivity index (χ3n) is 6.47. The van der Waals surface area contributed by atoms with E-state index in [0.717, 1.165) is 11.1 Å². The van der Waals surface area contributed by atoms with Gasteiger partial charge in [0.2, 0.25) is 17.1 Å². The van der Waals surface area contributed by atoms with Crippen LogP contribution in [0.1, 0.15) is 29.7 Å². The molecule has 2 fully saturated rings. The fraction of sp³-hybridized carbons (Fsp3) is 0.333. The second-order valence-electron chi connectivity index (χ2n) is 8.00. The highest BCUT2D eigenvalue weighted by Crippen LogP contribution is 2.67. The van der Waals surface area contributed by atoms with Crippen molar-refractivity contribution in [2.45, 2.75) is 32.2 Å². The van der Waals surface area contributed by atoms with Gasteiger partial charge in [-0.3, -0.25) is 5.41 Å². The predicted octanol–water partition coefficient (Wildman–Crippen LogP) is 4.19. The lowest BCUT2D eigenvalue weighted by Gasteiger charge is -2.49. The average molecular weight is 396 g/mol. The molecule has 6 nitrogen and oxygen atoms in total. The van der Waals surface area contributed by atoms with E-state index >= 15 is 0 Å². The molecule has 1 N–H and O–H groups in total. The predicted molar refractivity (Wildman–Crippen MR) is 108 cm³/mol. The van der Waals surface area contributed by atoms with Gasteiger partial charge in [-0.05, 0) is 30.0 Å². The van der Waals surface area contributed by atoms with E-state index in [2.05, 4.69) is 18.2 Å². The van der Waals surface area contributed by atoms with E-state index in [1.165, 1.54) is 0 Å². The molecule has 2 heterocycles. The maximum atomic E-state index is 10.4. The number of aryl methyl sites for hydroxylation is 1. The van der Waals surface area contributed by atoms with Crippen LogP contribution in [0.3, 0.4) is 0 Å². The van der Waals surface area contributed by atoms with E-state index < -0.39 is 28.6 Å². The Labute approximate surface area is 175 Å². The van der Waals surface area contributed by atoms with Crippen LogP contribution in [0.15, 0.2) is 54.6 Å². The maximum absolute atomic E-state index is 10.4. The van der Waals surface area contributed by atoms with Crippen molar-refractivity contribution < 1.29 is 9.47 Å². The molecule has 0 aliphatic carbocycles. The van der Waals surface area contributed by atoms with Crippen molar-refractivity contribution in [3.8, 4) is 18.2 Å². The topological polar surface area (TPSA) is 114 Å². The van der Waals surface area contributed by atoms with Crippen LogP contribution in [0.25, 0.3) is 0 Å². The maximum Gasteiger partial charge on any atom is 0.215 e. The van der Waals surface area contributed by atoms with Crippen LogP contribution in [0, 0.1) is 63.1 Å². The van der Waals surface area contributed by atoms with Crippen LogP contribution in [0.4, 0.5) is 0 Å². The lowest BCUT2D eigenvalue weighted by atomic mass is 9.52. The van der Waals surface area contributed by atoms with Gasteiger partial charge in [0.15, 0.2) is 5.41 Å². The van der Waals surface area contributed by atoms with Gasteiger partial charge >= 0.3 is 0 Å². The van der Waals surface area contributed by atoms with Crippen LogP contribution < -0.4 is 0 Å². The van der Waals surface area contributed by atoms with Gasteiger partial charge in [-0.1, -0.05) is 54.6 Å². The summed E-state index contributed by atoms with van der Waals surface area (Å²) in [4.78, 5) is 0. The number of fused-ring (bicyclic) bond motifs is 2. The highest BCUT2D eigenvalue weighted by Gasteiger charge is 2.79. The molecule has 0 amide bonds. The Bertz CT molecular complexity index is 1130. The van der Waals surface area contributed by atoms with Gasteiger partial charge in [-0.25, -0.2) is 0 Å². The number of nitrogens with one attached hydrogen (secondary N) is 1. The van der Waals surface area contributed by atoms with Crippen molar-refractivity contribution in [1.82, 2.24) is 0 Å². The molecule has 2 saturated heterocycles. The van der Waals surface area contributed by atoms with Gasteiger partial charge in [-0.15, -0.1) is 0 Å². The number of ether oxygens (including phenoxy) is 2. The summed E-state index contributed by atoms with van der Waals surface area (Å²) in [6, 6.07) is 23.2. The first-order valence-electron chi connectivity index (χ1n) is 9.67. The molecule has 2 aromatic carbocycles. The first kappa shape index (κ1) is 19.6. The van der Waals surface area contributed by atoms with Crippen molar-refractivity contribution in [1.29, 1.82) is 21.2 Å². The number of hydrogen-bond acceptors (Lipinski definition) is 6. The summed E-state index contributed by atoms with van der Waals surface area (Å²) in [7, 11) is 0. The fourth-order valence-electron chi connectivity index (χ4n) is 4.90. The minimum Gasteiger partial charge on any atom is -0.448 e. The highest BCUT2D eigenvalue weighted by atomic mass is 16.7. The van der Waals surface area contributed by atoms with Crippen LogP contribution in [0.2, 0.25) is 0 Å². The quantitative estimate of drug-likeness (QED) is 0.835. The van der Waals surface area contributed by atoms with Crippen molar-refractivity contribution in [2.24, 2.45) is 16.7 Å². The summed E-state index contributed by atoms with van der Waals surface area (Å²) in [6.45, 7) is 3.56. The molecular formula is C24H20N4O2. The Morgan fingerprint density at radius 1 is 0.967 bits per heavy atom. The van der Waals surface area contributed by atoms with E-state index in [-0.39, 0.29) is 5.90 Å².